The van der Waals surface area contributed by atoms with Crippen LogP contribution in [0.3, 0.4) is 0 Å². The summed E-state index contributed by atoms with van der Waals surface area (Å²) in [7, 11) is 3.82. The molecule has 0 atom stereocenters. The minimum Gasteiger partial charge on any atom is -0.353 e. The summed E-state index contributed by atoms with van der Waals surface area (Å²) in [5.74, 6) is 0. The van der Waals surface area contributed by atoms with E-state index in [1.165, 1.54) is 10.8 Å². The Kier molecular flexibility index (Phi) is 2.71. The van der Waals surface area contributed by atoms with E-state index in [0.29, 0.717) is 0 Å². The van der Waals surface area contributed by atoms with Gasteiger partial charge in [0.2, 0.25) is 0 Å². The Labute approximate surface area is 111 Å². The van der Waals surface area contributed by atoms with Gasteiger partial charge in [0.1, 0.15) is 0 Å². The Morgan fingerprint density at radius 3 is 2.74 bits per heavy atom. The molecule has 2 aromatic heterocycles. The van der Waals surface area contributed by atoms with Gasteiger partial charge in [-0.2, -0.15) is 5.10 Å². The maximum atomic E-state index is 4.47. The van der Waals surface area contributed by atoms with Crippen molar-refractivity contribution in [2.45, 2.75) is 6.92 Å². The molecule has 0 amide bonds. The number of rotatable bonds is 2. The molecule has 1 aromatic carbocycles. The molecule has 0 fully saturated rings. The van der Waals surface area contributed by atoms with Crippen LogP contribution in [-0.2, 0) is 0 Å². The third-order valence-corrected chi connectivity index (χ3v) is 3.11. The molecule has 0 aliphatic rings. The highest BCUT2D eigenvalue weighted by Crippen LogP contribution is 2.25. The summed E-state index contributed by atoms with van der Waals surface area (Å²) in [4.78, 5) is 7.84. The highest BCUT2D eigenvalue weighted by Gasteiger charge is 2.07. The van der Waals surface area contributed by atoms with E-state index in [4.69, 9.17) is 0 Å². The molecule has 0 aliphatic heterocycles. The van der Waals surface area contributed by atoms with E-state index in [2.05, 4.69) is 39.3 Å². The number of pyridine rings is 1. The van der Waals surface area contributed by atoms with Crippen molar-refractivity contribution in [1.29, 1.82) is 0 Å². The van der Waals surface area contributed by atoms with Crippen LogP contribution in [0.1, 0.15) is 12.6 Å². The molecule has 0 saturated heterocycles. The number of hydrogen-bond donors (Lipinski definition) is 1. The monoisotopic (exact) mass is 252 g/mol. The van der Waals surface area contributed by atoms with E-state index in [0.717, 1.165) is 22.4 Å². The smallest absolute Gasteiger partial charge is 0.0867 e. The van der Waals surface area contributed by atoms with Crippen LogP contribution >= 0.6 is 0 Å². The first kappa shape index (κ1) is 11.7. The molecule has 4 nitrogen and oxygen atoms in total. The lowest BCUT2D eigenvalue weighted by molar-refractivity contribution is 0.437. The van der Waals surface area contributed by atoms with Crippen molar-refractivity contribution in [3.8, 4) is 0 Å². The fraction of sp³-hybridized carbons (Fsp3) is 0.200. The van der Waals surface area contributed by atoms with Crippen LogP contribution in [-0.4, -0.2) is 34.8 Å². The maximum Gasteiger partial charge on any atom is 0.0867 e. The van der Waals surface area contributed by atoms with E-state index >= 15 is 0 Å². The molecule has 2 heterocycles. The van der Waals surface area contributed by atoms with Gasteiger partial charge in [-0.15, -0.1) is 0 Å². The van der Waals surface area contributed by atoms with Crippen LogP contribution in [0.25, 0.3) is 21.8 Å². The number of hydrogen-bond acceptors (Lipinski definition) is 3. The summed E-state index contributed by atoms with van der Waals surface area (Å²) in [5.41, 5.74) is 4.02. The number of para-hydroxylation sites is 1. The van der Waals surface area contributed by atoms with Crippen molar-refractivity contribution in [2.75, 3.05) is 14.1 Å². The Bertz CT molecular complexity index is 768. The second kappa shape index (κ2) is 4.39. The van der Waals surface area contributed by atoms with Crippen LogP contribution < -0.4 is 0 Å². The zero-order chi connectivity index (χ0) is 13.4. The van der Waals surface area contributed by atoms with Gasteiger partial charge in [0.25, 0.3) is 0 Å². The first-order valence-electron chi connectivity index (χ1n) is 6.24. The number of aromatic nitrogens is 2. The summed E-state index contributed by atoms with van der Waals surface area (Å²) in [6.45, 7) is 1.98. The highest BCUT2D eigenvalue weighted by atomic mass is 15.4. The number of H-pyrrole nitrogens is 1. The molecule has 0 unspecified atom stereocenters. The molecule has 3 rings (SSSR count). The number of hydrazone groups is 1. The van der Waals surface area contributed by atoms with Crippen LogP contribution in [0.4, 0.5) is 0 Å². The fourth-order valence-electron chi connectivity index (χ4n) is 2.30. The van der Waals surface area contributed by atoms with E-state index in [9.17, 15) is 0 Å². The molecule has 0 spiro atoms. The van der Waals surface area contributed by atoms with Gasteiger partial charge in [-0.05, 0) is 19.1 Å². The highest BCUT2D eigenvalue weighted by molar-refractivity contribution is 6.09. The second-order valence-corrected chi connectivity index (χ2v) is 4.82. The van der Waals surface area contributed by atoms with Crippen LogP contribution in [0.15, 0.2) is 41.6 Å². The van der Waals surface area contributed by atoms with Gasteiger partial charge in [0, 0.05) is 30.4 Å². The summed E-state index contributed by atoms with van der Waals surface area (Å²) in [5, 5.41) is 8.59. The molecule has 1 N–H and O–H groups in total. The van der Waals surface area contributed by atoms with Crippen LogP contribution in [0.5, 0.6) is 0 Å². The topological polar surface area (TPSA) is 44.3 Å². The number of fused-ring (bicyclic) bond motifs is 3. The summed E-state index contributed by atoms with van der Waals surface area (Å²) >= 11 is 0. The van der Waals surface area contributed by atoms with E-state index in [1.54, 1.807) is 5.01 Å². The van der Waals surface area contributed by atoms with Gasteiger partial charge in [-0.3, -0.25) is 4.98 Å². The second-order valence-electron chi connectivity index (χ2n) is 4.82. The SMILES string of the molecule is CC(=NN(C)C)c1cc2c(cn1)[nH]c1ccccc12. The minimum atomic E-state index is 0.908. The molecule has 96 valence electrons. The number of nitrogens with zero attached hydrogens (tertiary/aromatic N) is 3. The molecule has 0 aliphatic carbocycles. The third kappa shape index (κ3) is 2.05. The lowest BCUT2D eigenvalue weighted by atomic mass is 10.1. The lowest BCUT2D eigenvalue weighted by Crippen LogP contribution is -2.08. The van der Waals surface area contributed by atoms with Crippen molar-refractivity contribution in [1.82, 2.24) is 15.0 Å². The maximum absolute atomic E-state index is 4.47. The van der Waals surface area contributed by atoms with E-state index in [-0.39, 0.29) is 0 Å². The van der Waals surface area contributed by atoms with Crippen LogP contribution in [0.2, 0.25) is 0 Å². The fourth-order valence-corrected chi connectivity index (χ4v) is 2.30. The quantitative estimate of drug-likeness (QED) is 0.563. The van der Waals surface area contributed by atoms with Gasteiger partial charge in [-0.25, -0.2) is 0 Å². The van der Waals surface area contributed by atoms with E-state index in [1.807, 2.05) is 33.3 Å². The first-order valence-corrected chi connectivity index (χ1v) is 6.24. The van der Waals surface area contributed by atoms with E-state index < -0.39 is 0 Å². The Morgan fingerprint density at radius 1 is 1.16 bits per heavy atom. The minimum absolute atomic E-state index is 0.908. The first-order chi connectivity index (χ1) is 9.15. The molecule has 0 radical (unpaired) electrons. The molecular formula is C15H16N4. The number of benzene rings is 1. The van der Waals surface area contributed by atoms with Crippen molar-refractivity contribution in [3.05, 3.63) is 42.2 Å². The predicted molar refractivity (Wildman–Crippen MR) is 79.5 cm³/mol. The molecule has 3 aromatic rings. The Morgan fingerprint density at radius 2 is 1.95 bits per heavy atom. The number of aromatic amines is 1. The molecule has 19 heavy (non-hydrogen) atoms. The number of nitrogens with one attached hydrogen (secondary N) is 1. The molecule has 4 heteroatoms. The standard InChI is InChI=1S/C15H16N4/c1-10(18-19(2)3)14-8-12-11-6-4-5-7-13(11)17-15(12)9-16-14/h4-9,17H,1-3H3. The van der Waals surface area contributed by atoms with Crippen molar-refractivity contribution in [3.63, 3.8) is 0 Å². The Balaban J connectivity index is 2.22. The molecule has 0 bridgehead atoms. The summed E-state index contributed by atoms with van der Waals surface area (Å²) in [6, 6.07) is 10.4. The zero-order valence-electron chi connectivity index (χ0n) is 11.3. The van der Waals surface area contributed by atoms with Crippen molar-refractivity contribution >= 4 is 27.5 Å². The van der Waals surface area contributed by atoms with Crippen LogP contribution in [0, 0.1) is 0 Å². The van der Waals surface area contributed by atoms with Gasteiger partial charge in [0.15, 0.2) is 0 Å². The summed E-state index contributed by atoms with van der Waals surface area (Å²) < 4.78 is 0. The zero-order valence-corrected chi connectivity index (χ0v) is 11.3. The largest absolute Gasteiger partial charge is 0.353 e. The lowest BCUT2D eigenvalue weighted by Gasteiger charge is -2.06. The Hall–Kier alpha value is -2.36. The van der Waals surface area contributed by atoms with Gasteiger partial charge in [-0.1, -0.05) is 18.2 Å². The molecular weight excluding hydrogens is 236 g/mol. The van der Waals surface area contributed by atoms with Gasteiger partial charge in [0.05, 0.1) is 23.1 Å². The predicted octanol–water partition coefficient (Wildman–Crippen LogP) is 3.00. The van der Waals surface area contributed by atoms with Gasteiger partial charge >= 0.3 is 0 Å². The van der Waals surface area contributed by atoms with Crippen molar-refractivity contribution in [2.24, 2.45) is 5.10 Å². The average Bonchev–Trinajstić information content (AvgIpc) is 2.75. The summed E-state index contributed by atoms with van der Waals surface area (Å²) in [6.07, 6.45) is 1.87. The molecule has 0 saturated carbocycles. The normalized spacial score (nSPS) is 12.3. The third-order valence-electron chi connectivity index (χ3n) is 3.11. The van der Waals surface area contributed by atoms with Gasteiger partial charge < -0.3 is 9.99 Å². The van der Waals surface area contributed by atoms with Crippen molar-refractivity contribution < 1.29 is 0 Å². The average molecular weight is 252 g/mol.